The van der Waals surface area contributed by atoms with Crippen molar-refractivity contribution in [3.8, 4) is 0 Å². The van der Waals surface area contributed by atoms with Crippen molar-refractivity contribution < 1.29 is 4.39 Å². The molecule has 1 unspecified atom stereocenters. The SMILES string of the molecule is CNC(Cc1cccc(Cl)c1F)c1cc(C)cc(Br)c1. The Morgan fingerprint density at radius 3 is 2.70 bits per heavy atom. The number of aryl methyl sites for hydroxylation is 1. The molecular weight excluding hydrogens is 341 g/mol. The lowest BCUT2D eigenvalue weighted by atomic mass is 9.97. The molecule has 0 fully saturated rings. The Morgan fingerprint density at radius 1 is 1.30 bits per heavy atom. The molecule has 0 saturated carbocycles. The van der Waals surface area contributed by atoms with E-state index in [1.54, 1.807) is 18.2 Å². The van der Waals surface area contributed by atoms with E-state index in [1.165, 1.54) is 5.56 Å². The van der Waals surface area contributed by atoms with E-state index < -0.39 is 0 Å². The van der Waals surface area contributed by atoms with Gasteiger partial charge in [0.2, 0.25) is 0 Å². The number of halogens is 3. The average Bonchev–Trinajstić information content (AvgIpc) is 2.39. The molecule has 2 aromatic carbocycles. The van der Waals surface area contributed by atoms with Crippen LogP contribution in [0.3, 0.4) is 0 Å². The van der Waals surface area contributed by atoms with Crippen LogP contribution in [0.5, 0.6) is 0 Å². The van der Waals surface area contributed by atoms with Crippen molar-refractivity contribution in [2.45, 2.75) is 19.4 Å². The van der Waals surface area contributed by atoms with Crippen LogP contribution in [0, 0.1) is 12.7 Å². The number of benzene rings is 2. The van der Waals surface area contributed by atoms with Crippen LogP contribution in [0.4, 0.5) is 4.39 Å². The predicted molar refractivity (Wildman–Crippen MR) is 85.8 cm³/mol. The molecule has 0 radical (unpaired) electrons. The van der Waals surface area contributed by atoms with Gasteiger partial charge >= 0.3 is 0 Å². The zero-order valence-electron chi connectivity index (χ0n) is 11.4. The number of rotatable bonds is 4. The highest BCUT2D eigenvalue weighted by molar-refractivity contribution is 9.10. The number of nitrogens with one attached hydrogen (secondary N) is 1. The first kappa shape index (κ1) is 15.5. The quantitative estimate of drug-likeness (QED) is 0.808. The first-order valence-corrected chi connectivity index (χ1v) is 7.55. The third-order valence-corrected chi connectivity index (χ3v) is 4.02. The van der Waals surface area contributed by atoms with E-state index >= 15 is 0 Å². The molecule has 1 nitrogen and oxygen atoms in total. The molecule has 20 heavy (non-hydrogen) atoms. The summed E-state index contributed by atoms with van der Waals surface area (Å²) in [6.45, 7) is 2.04. The molecule has 0 spiro atoms. The lowest BCUT2D eigenvalue weighted by molar-refractivity contribution is 0.554. The summed E-state index contributed by atoms with van der Waals surface area (Å²) < 4.78 is 15.0. The lowest BCUT2D eigenvalue weighted by Gasteiger charge is -2.18. The molecular formula is C16H16BrClFN. The van der Waals surface area contributed by atoms with Crippen LogP contribution in [-0.2, 0) is 6.42 Å². The van der Waals surface area contributed by atoms with Crippen molar-refractivity contribution >= 4 is 27.5 Å². The molecule has 1 N–H and O–H groups in total. The molecule has 0 saturated heterocycles. The van der Waals surface area contributed by atoms with Crippen LogP contribution in [-0.4, -0.2) is 7.05 Å². The van der Waals surface area contributed by atoms with Crippen molar-refractivity contribution in [3.63, 3.8) is 0 Å². The summed E-state index contributed by atoms with van der Waals surface area (Å²) in [7, 11) is 1.88. The molecule has 0 aromatic heterocycles. The van der Waals surface area contributed by atoms with Crippen LogP contribution < -0.4 is 5.32 Å². The van der Waals surface area contributed by atoms with E-state index in [9.17, 15) is 4.39 Å². The molecule has 106 valence electrons. The molecule has 0 heterocycles. The summed E-state index contributed by atoms with van der Waals surface area (Å²) in [6, 6.07) is 11.4. The minimum atomic E-state index is -0.332. The zero-order valence-corrected chi connectivity index (χ0v) is 13.7. The van der Waals surface area contributed by atoms with E-state index in [4.69, 9.17) is 11.6 Å². The normalized spacial score (nSPS) is 12.4. The highest BCUT2D eigenvalue weighted by Crippen LogP contribution is 2.26. The second-order valence-corrected chi connectivity index (χ2v) is 6.14. The minimum absolute atomic E-state index is 0.0409. The van der Waals surface area contributed by atoms with E-state index in [2.05, 4.69) is 39.4 Å². The Bertz CT molecular complexity index is 595. The molecule has 2 rings (SSSR count). The fourth-order valence-electron chi connectivity index (χ4n) is 2.28. The zero-order chi connectivity index (χ0) is 14.7. The molecule has 0 aliphatic carbocycles. The van der Waals surface area contributed by atoms with Crippen LogP contribution in [0.15, 0.2) is 40.9 Å². The summed E-state index contributed by atoms with van der Waals surface area (Å²) in [5.41, 5.74) is 2.91. The fourth-order valence-corrected chi connectivity index (χ4v) is 3.10. The molecule has 0 aliphatic heterocycles. The highest BCUT2D eigenvalue weighted by Gasteiger charge is 2.15. The summed E-state index contributed by atoms with van der Waals surface area (Å²) in [5, 5.41) is 3.41. The van der Waals surface area contributed by atoms with Crippen molar-refractivity contribution in [3.05, 3.63) is 68.4 Å². The summed E-state index contributed by atoms with van der Waals surface area (Å²) in [6.07, 6.45) is 0.554. The fraction of sp³-hybridized carbons (Fsp3) is 0.250. The van der Waals surface area contributed by atoms with Crippen molar-refractivity contribution in [2.24, 2.45) is 0 Å². The standard InChI is InChI=1S/C16H16BrClFN/c1-10-6-12(8-13(17)7-10)15(20-2)9-11-4-3-5-14(18)16(11)19/h3-8,15,20H,9H2,1-2H3. The second-order valence-electron chi connectivity index (χ2n) is 4.82. The average molecular weight is 357 g/mol. The monoisotopic (exact) mass is 355 g/mol. The van der Waals surface area contributed by atoms with Gasteiger partial charge in [0, 0.05) is 10.5 Å². The molecule has 0 bridgehead atoms. The van der Waals surface area contributed by atoms with E-state index in [-0.39, 0.29) is 16.9 Å². The van der Waals surface area contributed by atoms with Crippen molar-refractivity contribution in [2.75, 3.05) is 7.05 Å². The van der Waals surface area contributed by atoms with Gasteiger partial charge in [0.15, 0.2) is 0 Å². The van der Waals surface area contributed by atoms with Gasteiger partial charge in [-0.15, -0.1) is 0 Å². The maximum absolute atomic E-state index is 14.0. The Morgan fingerprint density at radius 2 is 2.05 bits per heavy atom. The van der Waals surface area contributed by atoms with Gasteiger partial charge in [0.1, 0.15) is 5.82 Å². The summed E-state index contributed by atoms with van der Waals surface area (Å²) in [5.74, 6) is -0.332. The van der Waals surface area contributed by atoms with Gasteiger partial charge < -0.3 is 5.32 Å². The van der Waals surface area contributed by atoms with Gasteiger partial charge in [-0.3, -0.25) is 0 Å². The van der Waals surface area contributed by atoms with Crippen LogP contribution in [0.1, 0.15) is 22.7 Å². The number of likely N-dealkylation sites (N-methyl/N-ethyl adjacent to an activating group) is 1. The Balaban J connectivity index is 2.31. The van der Waals surface area contributed by atoms with Gasteiger partial charge in [-0.2, -0.15) is 0 Å². The van der Waals surface area contributed by atoms with Gasteiger partial charge in [-0.25, -0.2) is 4.39 Å². The van der Waals surface area contributed by atoms with Crippen LogP contribution >= 0.6 is 27.5 Å². The van der Waals surface area contributed by atoms with Gasteiger partial charge in [0.05, 0.1) is 5.02 Å². The maximum Gasteiger partial charge on any atom is 0.145 e. The maximum atomic E-state index is 14.0. The molecule has 4 heteroatoms. The second kappa shape index (κ2) is 6.70. The number of hydrogen-bond donors (Lipinski definition) is 1. The Hall–Kier alpha value is -0.900. The predicted octanol–water partition coefficient (Wildman–Crippen LogP) is 5.05. The number of hydrogen-bond acceptors (Lipinski definition) is 1. The third-order valence-electron chi connectivity index (χ3n) is 3.27. The highest BCUT2D eigenvalue weighted by atomic mass is 79.9. The molecule has 1 atom stereocenters. The van der Waals surface area contributed by atoms with E-state index in [0.29, 0.717) is 12.0 Å². The minimum Gasteiger partial charge on any atom is -0.313 e. The smallest absolute Gasteiger partial charge is 0.145 e. The first-order chi connectivity index (χ1) is 9.51. The van der Waals surface area contributed by atoms with Gasteiger partial charge in [-0.05, 0) is 55.3 Å². The lowest BCUT2D eigenvalue weighted by Crippen LogP contribution is -2.19. The van der Waals surface area contributed by atoms with Gasteiger partial charge in [0.25, 0.3) is 0 Å². The van der Waals surface area contributed by atoms with Crippen molar-refractivity contribution in [1.82, 2.24) is 5.32 Å². The van der Waals surface area contributed by atoms with Crippen LogP contribution in [0.25, 0.3) is 0 Å². The molecule has 0 amide bonds. The Kier molecular flexibility index (Phi) is 5.19. The van der Waals surface area contributed by atoms with Gasteiger partial charge in [-0.1, -0.05) is 45.7 Å². The topological polar surface area (TPSA) is 12.0 Å². The van der Waals surface area contributed by atoms with E-state index in [0.717, 1.165) is 10.0 Å². The summed E-state index contributed by atoms with van der Waals surface area (Å²) >= 11 is 9.33. The summed E-state index contributed by atoms with van der Waals surface area (Å²) in [4.78, 5) is 0. The first-order valence-electron chi connectivity index (χ1n) is 6.38. The molecule has 0 aliphatic rings. The van der Waals surface area contributed by atoms with Crippen molar-refractivity contribution in [1.29, 1.82) is 0 Å². The van der Waals surface area contributed by atoms with E-state index in [1.807, 2.05) is 14.0 Å². The largest absolute Gasteiger partial charge is 0.313 e. The molecule has 2 aromatic rings. The Labute approximate surface area is 132 Å². The third kappa shape index (κ3) is 3.60. The van der Waals surface area contributed by atoms with Crippen LogP contribution in [0.2, 0.25) is 5.02 Å².